The van der Waals surface area contributed by atoms with Crippen LogP contribution in [-0.2, 0) is 35.3 Å². The number of amides is 3. The number of anilines is 1. The van der Waals surface area contributed by atoms with Gasteiger partial charge in [-0.2, -0.15) is 0 Å². The molecule has 12 heteroatoms. The van der Waals surface area contributed by atoms with Crippen LogP contribution in [0.4, 0.5) is 5.69 Å². The van der Waals surface area contributed by atoms with Crippen molar-refractivity contribution < 1.29 is 38.5 Å². The van der Waals surface area contributed by atoms with Crippen LogP contribution in [0, 0.1) is 11.8 Å². The molecule has 0 spiro atoms. The van der Waals surface area contributed by atoms with E-state index in [0.717, 1.165) is 0 Å². The van der Waals surface area contributed by atoms with Gasteiger partial charge in [0.05, 0.1) is 30.3 Å². The number of carbonyl (C=O) groups excluding carboxylic acids is 4. The van der Waals surface area contributed by atoms with Gasteiger partial charge in [0.25, 0.3) is 0 Å². The lowest BCUT2D eigenvalue weighted by Gasteiger charge is -2.32. The van der Waals surface area contributed by atoms with Gasteiger partial charge in [-0.25, -0.2) is 0 Å². The van der Waals surface area contributed by atoms with Crippen LogP contribution in [-0.4, -0.2) is 65.9 Å². The molecule has 1 aromatic rings. The average molecular weight is 551 g/mol. The van der Waals surface area contributed by atoms with Crippen molar-refractivity contribution in [3.63, 3.8) is 0 Å². The van der Waals surface area contributed by atoms with Crippen LogP contribution in [0.15, 0.2) is 18.2 Å². The summed E-state index contributed by atoms with van der Waals surface area (Å²) < 4.78 is 16.8. The van der Waals surface area contributed by atoms with Crippen molar-refractivity contribution in [2.24, 2.45) is 17.6 Å². The minimum Gasteiger partial charge on any atom is -0.463 e. The predicted molar refractivity (Wildman–Crippen MR) is 143 cm³/mol. The van der Waals surface area contributed by atoms with Gasteiger partial charge in [-0.05, 0) is 23.6 Å². The van der Waals surface area contributed by atoms with E-state index in [1.54, 1.807) is 32.0 Å². The number of esters is 1. The highest BCUT2D eigenvalue weighted by Crippen LogP contribution is 2.30. The highest BCUT2D eigenvalue weighted by molar-refractivity contribution is 5.96. The van der Waals surface area contributed by atoms with Crippen molar-refractivity contribution in [1.29, 1.82) is 0 Å². The van der Waals surface area contributed by atoms with E-state index in [9.17, 15) is 24.3 Å². The largest absolute Gasteiger partial charge is 0.463 e. The van der Waals surface area contributed by atoms with E-state index in [2.05, 4.69) is 16.0 Å². The number of nitrogens with two attached hydrogens (primary N) is 1. The second-order valence-electron chi connectivity index (χ2n) is 10.6. The molecule has 0 aromatic heterocycles. The van der Waals surface area contributed by atoms with E-state index >= 15 is 0 Å². The van der Waals surface area contributed by atoms with Gasteiger partial charge >= 0.3 is 5.97 Å². The molecule has 1 saturated heterocycles. The van der Waals surface area contributed by atoms with Crippen LogP contribution in [0.5, 0.6) is 5.75 Å². The third kappa shape index (κ3) is 10.5. The van der Waals surface area contributed by atoms with E-state index < -0.39 is 36.4 Å². The number of ether oxygens (including phenoxy) is 3. The first-order valence-corrected chi connectivity index (χ1v) is 13.2. The third-order valence-corrected chi connectivity index (χ3v) is 5.90. The van der Waals surface area contributed by atoms with Crippen molar-refractivity contribution in [2.45, 2.75) is 91.6 Å². The quantitative estimate of drug-likeness (QED) is 0.226. The van der Waals surface area contributed by atoms with E-state index in [4.69, 9.17) is 19.9 Å². The molecule has 1 aliphatic rings. The number of aliphatic hydroxyl groups excluding tert-OH is 1. The predicted octanol–water partition coefficient (Wildman–Crippen LogP) is 1.19. The Morgan fingerprint density at radius 1 is 1.10 bits per heavy atom. The highest BCUT2D eigenvalue weighted by Gasteiger charge is 2.33. The minimum absolute atomic E-state index is 0.0166. The summed E-state index contributed by atoms with van der Waals surface area (Å²) in [6, 6.07) is 4.41. The topological polar surface area (TPSA) is 178 Å². The molecule has 6 N–H and O–H groups in total. The maximum absolute atomic E-state index is 12.7. The number of hydrogen-bond donors (Lipinski definition) is 5. The van der Waals surface area contributed by atoms with Gasteiger partial charge in [-0.1, -0.05) is 47.6 Å². The smallest absolute Gasteiger partial charge is 0.308 e. The third-order valence-electron chi connectivity index (χ3n) is 5.90. The Morgan fingerprint density at radius 3 is 2.38 bits per heavy atom. The highest BCUT2D eigenvalue weighted by atomic mass is 16.7. The lowest BCUT2D eigenvalue weighted by molar-refractivity contribution is -0.182. The van der Waals surface area contributed by atoms with Gasteiger partial charge in [0.1, 0.15) is 18.5 Å². The van der Waals surface area contributed by atoms with Crippen molar-refractivity contribution in [1.82, 2.24) is 10.6 Å². The van der Waals surface area contributed by atoms with Crippen LogP contribution in [0.3, 0.4) is 0 Å². The van der Waals surface area contributed by atoms with Gasteiger partial charge < -0.3 is 41.0 Å². The normalized spacial score (nSPS) is 20.0. The molecule has 39 heavy (non-hydrogen) atoms. The Morgan fingerprint density at radius 2 is 1.79 bits per heavy atom. The summed E-state index contributed by atoms with van der Waals surface area (Å²) in [5.41, 5.74) is 6.18. The molecule has 1 aromatic carbocycles. The monoisotopic (exact) mass is 550 g/mol. The zero-order valence-corrected chi connectivity index (χ0v) is 23.5. The zero-order valence-electron chi connectivity index (χ0n) is 23.5. The molecule has 4 unspecified atom stereocenters. The van der Waals surface area contributed by atoms with Crippen LogP contribution in [0.25, 0.3) is 0 Å². The SMILES string of the molecule is CC(C)NC(C(=O)NCC(=O)Nc1ccc(COC(=O)C(C)C)cc1OC1CC(O)CC(C(N)=O)O1)C(C)C. The Labute approximate surface area is 229 Å². The standard InChI is InChI=1S/C27H42N4O8/c1-14(2)24(30-16(5)6)26(35)29-12-22(33)31-19-8-7-17(13-37-27(36)15(3)4)9-20(19)38-23-11-18(32)10-21(39-23)25(28)34/h7-9,14-16,18,21,23-24,30,32H,10-13H2,1-6H3,(H2,28,34)(H,29,35)(H,31,33). The number of aliphatic hydroxyl groups is 1. The fourth-order valence-corrected chi connectivity index (χ4v) is 3.84. The first kappa shape index (κ1) is 32.0. The van der Waals surface area contributed by atoms with Gasteiger partial charge in [0.15, 0.2) is 0 Å². The van der Waals surface area contributed by atoms with E-state index in [0.29, 0.717) is 5.56 Å². The van der Waals surface area contributed by atoms with E-state index in [-0.39, 0.29) is 67.2 Å². The molecule has 0 radical (unpaired) electrons. The number of benzene rings is 1. The fourth-order valence-electron chi connectivity index (χ4n) is 3.84. The maximum Gasteiger partial charge on any atom is 0.308 e. The van der Waals surface area contributed by atoms with Crippen LogP contribution >= 0.6 is 0 Å². The first-order valence-electron chi connectivity index (χ1n) is 13.2. The Balaban J connectivity index is 2.17. The Hall–Kier alpha value is -3.22. The number of rotatable bonds is 13. The van der Waals surface area contributed by atoms with Crippen molar-refractivity contribution in [2.75, 3.05) is 11.9 Å². The lowest BCUT2D eigenvalue weighted by atomic mass is 10.0. The molecule has 2 rings (SSSR count). The minimum atomic E-state index is -1.03. The van der Waals surface area contributed by atoms with Crippen molar-refractivity contribution in [3.8, 4) is 5.75 Å². The molecular weight excluding hydrogens is 508 g/mol. The number of carbonyl (C=O) groups is 4. The summed E-state index contributed by atoms with van der Waals surface area (Å²) >= 11 is 0. The average Bonchev–Trinajstić information content (AvgIpc) is 2.84. The van der Waals surface area contributed by atoms with Gasteiger partial charge in [0.2, 0.25) is 24.0 Å². The zero-order chi connectivity index (χ0) is 29.3. The van der Waals surface area contributed by atoms with E-state index in [1.807, 2.05) is 27.7 Å². The summed E-state index contributed by atoms with van der Waals surface area (Å²) in [5.74, 6) is -2.02. The maximum atomic E-state index is 12.7. The summed E-state index contributed by atoms with van der Waals surface area (Å²) in [7, 11) is 0. The molecule has 0 bridgehead atoms. The second kappa shape index (κ2) is 14.8. The van der Waals surface area contributed by atoms with E-state index in [1.165, 1.54) is 0 Å². The molecule has 0 saturated carbocycles. The van der Waals surface area contributed by atoms with Crippen molar-refractivity contribution in [3.05, 3.63) is 23.8 Å². The summed E-state index contributed by atoms with van der Waals surface area (Å²) in [5, 5.41) is 18.7. The molecular formula is C27H42N4O8. The molecule has 1 heterocycles. The first-order chi connectivity index (χ1) is 18.3. The molecule has 3 amide bonds. The molecule has 1 aliphatic heterocycles. The summed E-state index contributed by atoms with van der Waals surface area (Å²) in [4.78, 5) is 48.9. The van der Waals surface area contributed by atoms with Crippen LogP contribution in [0.2, 0.25) is 0 Å². The fraction of sp³-hybridized carbons (Fsp3) is 0.630. The number of nitrogens with one attached hydrogen (secondary N) is 3. The van der Waals surface area contributed by atoms with Crippen LogP contribution < -0.4 is 26.4 Å². The lowest BCUT2D eigenvalue weighted by Crippen LogP contribution is -2.51. The molecule has 4 atom stereocenters. The van der Waals surface area contributed by atoms with Gasteiger partial charge in [-0.3, -0.25) is 19.2 Å². The molecule has 0 aliphatic carbocycles. The van der Waals surface area contributed by atoms with Gasteiger partial charge in [-0.15, -0.1) is 0 Å². The second-order valence-corrected chi connectivity index (χ2v) is 10.6. The summed E-state index contributed by atoms with van der Waals surface area (Å²) in [6.07, 6.45) is -2.82. The molecule has 12 nitrogen and oxygen atoms in total. The molecule has 218 valence electrons. The van der Waals surface area contributed by atoms with Gasteiger partial charge in [0, 0.05) is 18.9 Å². The number of primary amides is 1. The molecule has 1 fully saturated rings. The Bertz CT molecular complexity index is 1010. The van der Waals surface area contributed by atoms with Crippen molar-refractivity contribution >= 4 is 29.4 Å². The van der Waals surface area contributed by atoms with Crippen LogP contribution in [0.1, 0.15) is 59.9 Å². The summed E-state index contributed by atoms with van der Waals surface area (Å²) in [6.45, 7) is 10.8. The number of hydrogen-bond acceptors (Lipinski definition) is 9. The Kier molecular flexibility index (Phi) is 12.1.